The quantitative estimate of drug-likeness (QED) is 0.494. The van der Waals surface area contributed by atoms with E-state index in [2.05, 4.69) is 65.2 Å². The third kappa shape index (κ3) is 4.24. The van der Waals surface area contributed by atoms with Crippen LogP contribution in [0.1, 0.15) is 21.9 Å². The van der Waals surface area contributed by atoms with Crippen molar-refractivity contribution in [3.05, 3.63) is 83.4 Å². The van der Waals surface area contributed by atoms with Crippen LogP contribution in [0.3, 0.4) is 0 Å². The number of carbonyl (C=O) groups is 1. The normalized spacial score (nSPS) is 16.8. The monoisotopic (exact) mass is 444 g/mol. The number of fused-ring (bicyclic) bond motifs is 2. The molecule has 0 saturated carbocycles. The SMILES string of the molecule is COCCNc1ccc2c(c1)SC(c1ccccc1)C(c1ccc3c(c1)NC(=O)CO3)=C2. The lowest BCUT2D eigenvalue weighted by molar-refractivity contribution is -0.118. The van der Waals surface area contributed by atoms with Gasteiger partial charge in [0.1, 0.15) is 5.75 Å². The van der Waals surface area contributed by atoms with E-state index in [1.165, 1.54) is 21.6 Å². The number of hydrogen-bond acceptors (Lipinski definition) is 5. The van der Waals surface area contributed by atoms with Gasteiger partial charge in [-0.2, -0.15) is 0 Å². The molecule has 2 N–H and O–H groups in total. The van der Waals surface area contributed by atoms with E-state index in [0.29, 0.717) is 12.4 Å². The molecule has 1 atom stereocenters. The number of methoxy groups -OCH3 is 1. The van der Waals surface area contributed by atoms with Crippen LogP contribution in [-0.4, -0.2) is 32.8 Å². The molecule has 0 radical (unpaired) electrons. The summed E-state index contributed by atoms with van der Waals surface area (Å²) in [7, 11) is 1.71. The molecule has 3 aromatic carbocycles. The molecule has 2 aliphatic rings. The Kier molecular flexibility index (Phi) is 5.88. The van der Waals surface area contributed by atoms with Crippen LogP contribution in [0, 0.1) is 0 Å². The van der Waals surface area contributed by atoms with Crippen molar-refractivity contribution < 1.29 is 14.3 Å². The molecule has 6 heteroatoms. The van der Waals surface area contributed by atoms with Gasteiger partial charge in [0.05, 0.1) is 17.5 Å². The van der Waals surface area contributed by atoms with Gasteiger partial charge in [0.2, 0.25) is 0 Å². The minimum absolute atomic E-state index is 0.0612. The molecule has 1 unspecified atom stereocenters. The van der Waals surface area contributed by atoms with E-state index in [1.807, 2.05) is 30.0 Å². The molecule has 0 fully saturated rings. The fourth-order valence-corrected chi connectivity index (χ4v) is 5.31. The Balaban J connectivity index is 1.55. The van der Waals surface area contributed by atoms with E-state index < -0.39 is 0 Å². The number of hydrogen-bond donors (Lipinski definition) is 2. The van der Waals surface area contributed by atoms with Gasteiger partial charge in [-0.3, -0.25) is 4.79 Å². The van der Waals surface area contributed by atoms with E-state index in [9.17, 15) is 4.79 Å². The van der Waals surface area contributed by atoms with Crippen LogP contribution in [0.4, 0.5) is 11.4 Å². The summed E-state index contributed by atoms with van der Waals surface area (Å²) in [6.45, 7) is 1.50. The summed E-state index contributed by atoms with van der Waals surface area (Å²) in [6, 6.07) is 23.0. The molecule has 32 heavy (non-hydrogen) atoms. The average molecular weight is 445 g/mol. The minimum atomic E-state index is -0.125. The summed E-state index contributed by atoms with van der Waals surface area (Å²) in [5.41, 5.74) is 6.52. The molecule has 5 rings (SSSR count). The zero-order chi connectivity index (χ0) is 21.9. The third-order valence-corrected chi connectivity index (χ3v) is 6.90. The number of benzene rings is 3. The Labute approximate surface area is 191 Å². The first kappa shape index (κ1) is 20.7. The molecule has 0 saturated heterocycles. The Morgan fingerprint density at radius 2 is 2.00 bits per heavy atom. The zero-order valence-electron chi connectivity index (χ0n) is 17.8. The van der Waals surface area contributed by atoms with Crippen molar-refractivity contribution in [2.24, 2.45) is 0 Å². The summed E-state index contributed by atoms with van der Waals surface area (Å²) in [6.07, 6.45) is 2.26. The summed E-state index contributed by atoms with van der Waals surface area (Å²) in [5.74, 6) is 0.584. The van der Waals surface area contributed by atoms with Crippen molar-refractivity contribution in [3.8, 4) is 5.75 Å². The molecule has 0 bridgehead atoms. The van der Waals surface area contributed by atoms with E-state index in [1.54, 1.807) is 7.11 Å². The topological polar surface area (TPSA) is 59.6 Å². The fourth-order valence-electron chi connectivity index (χ4n) is 3.97. The van der Waals surface area contributed by atoms with Gasteiger partial charge < -0.3 is 20.1 Å². The van der Waals surface area contributed by atoms with Gasteiger partial charge >= 0.3 is 0 Å². The zero-order valence-corrected chi connectivity index (χ0v) is 18.6. The molecule has 3 aromatic rings. The Morgan fingerprint density at radius 3 is 2.84 bits per heavy atom. The van der Waals surface area contributed by atoms with Gasteiger partial charge in [-0.15, -0.1) is 11.8 Å². The van der Waals surface area contributed by atoms with Crippen LogP contribution in [-0.2, 0) is 9.53 Å². The van der Waals surface area contributed by atoms with E-state index in [4.69, 9.17) is 9.47 Å². The number of carbonyl (C=O) groups excluding carboxylic acids is 1. The maximum atomic E-state index is 11.8. The molecular formula is C26H24N2O3S. The number of thioether (sulfide) groups is 1. The number of ether oxygens (including phenoxy) is 2. The van der Waals surface area contributed by atoms with Crippen molar-refractivity contribution in [2.45, 2.75) is 10.1 Å². The molecule has 2 aliphatic heterocycles. The second-order valence-electron chi connectivity index (χ2n) is 7.73. The van der Waals surface area contributed by atoms with Gasteiger partial charge in [-0.05, 0) is 52.6 Å². The third-order valence-electron chi connectivity index (χ3n) is 5.54. The van der Waals surface area contributed by atoms with Crippen molar-refractivity contribution in [3.63, 3.8) is 0 Å². The maximum absolute atomic E-state index is 11.8. The van der Waals surface area contributed by atoms with Crippen LogP contribution in [0.2, 0.25) is 0 Å². The van der Waals surface area contributed by atoms with Gasteiger partial charge in [0.25, 0.3) is 5.91 Å². The summed E-state index contributed by atoms with van der Waals surface area (Å²) in [5, 5.41) is 6.48. The van der Waals surface area contributed by atoms with Gasteiger partial charge in [0, 0.05) is 24.2 Å². The molecule has 0 spiro atoms. The Bertz CT molecular complexity index is 1180. The van der Waals surface area contributed by atoms with Crippen LogP contribution >= 0.6 is 11.8 Å². The molecule has 2 heterocycles. The fraction of sp³-hybridized carbons (Fsp3) is 0.192. The highest BCUT2D eigenvalue weighted by Crippen LogP contribution is 2.51. The predicted octanol–water partition coefficient (Wildman–Crippen LogP) is 5.46. The van der Waals surface area contributed by atoms with Crippen LogP contribution < -0.4 is 15.4 Å². The van der Waals surface area contributed by atoms with E-state index in [0.717, 1.165) is 23.5 Å². The second kappa shape index (κ2) is 9.10. The standard InChI is InChI=1S/C26H24N2O3S/c1-30-12-11-27-20-9-7-19-13-21(18-8-10-23-22(14-18)28-25(29)16-31-23)26(32-24(19)15-20)17-5-3-2-4-6-17/h2-10,13-15,26-27H,11-12,16H2,1H3,(H,28,29). The lowest BCUT2D eigenvalue weighted by Crippen LogP contribution is -2.25. The van der Waals surface area contributed by atoms with E-state index >= 15 is 0 Å². The highest BCUT2D eigenvalue weighted by molar-refractivity contribution is 8.00. The van der Waals surface area contributed by atoms with Gasteiger partial charge in [-0.25, -0.2) is 0 Å². The van der Waals surface area contributed by atoms with Crippen LogP contribution in [0.5, 0.6) is 5.75 Å². The highest BCUT2D eigenvalue weighted by atomic mass is 32.2. The smallest absolute Gasteiger partial charge is 0.262 e. The van der Waals surface area contributed by atoms with Crippen molar-refractivity contribution in [1.29, 1.82) is 0 Å². The molecule has 162 valence electrons. The molecule has 0 aliphatic carbocycles. The predicted molar refractivity (Wildman–Crippen MR) is 130 cm³/mol. The first-order valence-corrected chi connectivity index (χ1v) is 11.5. The van der Waals surface area contributed by atoms with Crippen molar-refractivity contribution >= 4 is 40.7 Å². The summed E-state index contributed by atoms with van der Waals surface area (Å²) < 4.78 is 10.7. The van der Waals surface area contributed by atoms with Crippen molar-refractivity contribution in [2.75, 3.05) is 37.5 Å². The first-order chi connectivity index (χ1) is 15.7. The largest absolute Gasteiger partial charge is 0.482 e. The molecule has 0 aromatic heterocycles. The Hall–Kier alpha value is -3.22. The molecule has 1 amide bonds. The Morgan fingerprint density at radius 1 is 1.12 bits per heavy atom. The van der Waals surface area contributed by atoms with E-state index in [-0.39, 0.29) is 17.8 Å². The molecular weight excluding hydrogens is 420 g/mol. The lowest BCUT2D eigenvalue weighted by Gasteiger charge is -2.28. The van der Waals surface area contributed by atoms with Gasteiger partial charge in [0.15, 0.2) is 6.61 Å². The lowest BCUT2D eigenvalue weighted by atomic mass is 9.94. The number of amides is 1. The summed E-state index contributed by atoms with van der Waals surface area (Å²) in [4.78, 5) is 13.1. The number of anilines is 2. The van der Waals surface area contributed by atoms with Crippen LogP contribution in [0.25, 0.3) is 11.6 Å². The number of nitrogens with one attached hydrogen (secondary N) is 2. The molecule has 5 nitrogen and oxygen atoms in total. The number of rotatable bonds is 6. The van der Waals surface area contributed by atoms with Gasteiger partial charge in [-0.1, -0.05) is 42.5 Å². The second-order valence-corrected chi connectivity index (χ2v) is 8.88. The van der Waals surface area contributed by atoms with Crippen LogP contribution in [0.15, 0.2) is 71.6 Å². The minimum Gasteiger partial charge on any atom is -0.482 e. The highest BCUT2D eigenvalue weighted by Gasteiger charge is 2.26. The summed E-state index contributed by atoms with van der Waals surface area (Å²) >= 11 is 1.85. The maximum Gasteiger partial charge on any atom is 0.262 e. The average Bonchev–Trinajstić information content (AvgIpc) is 2.83. The van der Waals surface area contributed by atoms with Crippen molar-refractivity contribution in [1.82, 2.24) is 0 Å². The first-order valence-electron chi connectivity index (χ1n) is 10.6.